The van der Waals surface area contributed by atoms with Crippen LogP contribution in [0.1, 0.15) is 97.3 Å². The molecular formula is C30H48O5. The third kappa shape index (κ3) is 9.90. The molecule has 0 amide bonds. The quantitative estimate of drug-likeness (QED) is 0.148. The Hall–Kier alpha value is -1.35. The first kappa shape index (κ1) is 28.2. The van der Waals surface area contributed by atoms with Crippen molar-refractivity contribution < 1.29 is 24.1 Å². The van der Waals surface area contributed by atoms with Crippen molar-refractivity contribution in [1.82, 2.24) is 0 Å². The van der Waals surface area contributed by atoms with Crippen LogP contribution in [0.25, 0.3) is 0 Å². The molecule has 1 saturated heterocycles. The van der Waals surface area contributed by atoms with Gasteiger partial charge in [-0.25, -0.2) is 0 Å². The standard InChI is InChI=1S/C30H48O5/c1-22(11-10-12-24-16-17-24)28(35-30-15-8-9-20-34-30)19-18-25-23(2)21-27(31)26(25)13-6-4-5-7-14-29(32)33-3/h18-19,22-28,30-31H,4-9,11,13-17,20-21H2,1-3H3/b19-18+/t22-,23+,25-,26+,27-,28+,30?/m0/s1. The van der Waals surface area contributed by atoms with Gasteiger partial charge >= 0.3 is 5.97 Å². The normalized spacial score (nSPS) is 30.6. The lowest BCUT2D eigenvalue weighted by Gasteiger charge is -2.29. The molecule has 1 heterocycles. The van der Waals surface area contributed by atoms with Gasteiger partial charge in [-0.2, -0.15) is 0 Å². The molecule has 3 fully saturated rings. The third-order valence-electron chi connectivity index (χ3n) is 7.99. The molecule has 2 aliphatic carbocycles. The summed E-state index contributed by atoms with van der Waals surface area (Å²) >= 11 is 0. The molecule has 0 aromatic heterocycles. The van der Waals surface area contributed by atoms with E-state index in [-0.39, 0.29) is 24.5 Å². The number of carbonyl (C=O) groups is 1. The van der Waals surface area contributed by atoms with Crippen molar-refractivity contribution in [3.05, 3.63) is 12.2 Å². The topological polar surface area (TPSA) is 65.0 Å². The van der Waals surface area contributed by atoms with E-state index in [1.54, 1.807) is 0 Å². The van der Waals surface area contributed by atoms with Gasteiger partial charge in [-0.05, 0) is 75.0 Å². The van der Waals surface area contributed by atoms with Crippen molar-refractivity contribution >= 4 is 5.97 Å². The summed E-state index contributed by atoms with van der Waals surface area (Å²) in [6.45, 7) is 5.28. The molecule has 1 aliphatic heterocycles. The number of ether oxygens (including phenoxy) is 3. The second-order valence-corrected chi connectivity index (χ2v) is 11.1. The molecule has 0 aromatic carbocycles. The molecule has 0 radical (unpaired) electrons. The lowest BCUT2D eigenvalue weighted by molar-refractivity contribution is -0.186. The van der Waals surface area contributed by atoms with Crippen LogP contribution >= 0.6 is 0 Å². The van der Waals surface area contributed by atoms with Crippen molar-refractivity contribution in [2.75, 3.05) is 13.7 Å². The number of hydrogen-bond donors (Lipinski definition) is 1. The predicted molar refractivity (Wildman–Crippen MR) is 138 cm³/mol. The molecule has 5 heteroatoms. The summed E-state index contributed by atoms with van der Waals surface area (Å²) in [4.78, 5) is 11.3. The van der Waals surface area contributed by atoms with E-state index in [4.69, 9.17) is 14.2 Å². The Labute approximate surface area is 213 Å². The fourth-order valence-corrected chi connectivity index (χ4v) is 5.52. The van der Waals surface area contributed by atoms with Gasteiger partial charge in [0.25, 0.3) is 0 Å². The first-order valence-corrected chi connectivity index (χ1v) is 14.2. The fourth-order valence-electron chi connectivity index (χ4n) is 5.52. The zero-order valence-corrected chi connectivity index (χ0v) is 22.3. The van der Waals surface area contributed by atoms with E-state index in [0.29, 0.717) is 36.0 Å². The summed E-state index contributed by atoms with van der Waals surface area (Å²) in [5.74, 6) is 8.71. The Morgan fingerprint density at radius 3 is 2.69 bits per heavy atom. The summed E-state index contributed by atoms with van der Waals surface area (Å²) in [7, 11) is 1.44. The molecule has 0 aromatic rings. The molecule has 5 nitrogen and oxygen atoms in total. The molecule has 7 atom stereocenters. The Balaban J connectivity index is 1.54. The average molecular weight is 489 g/mol. The van der Waals surface area contributed by atoms with Gasteiger partial charge in [0, 0.05) is 25.4 Å². The van der Waals surface area contributed by atoms with E-state index < -0.39 is 0 Å². The minimum Gasteiger partial charge on any atom is -0.469 e. The summed E-state index contributed by atoms with van der Waals surface area (Å²) in [5, 5.41) is 10.8. The van der Waals surface area contributed by atoms with Gasteiger partial charge in [0.1, 0.15) is 0 Å². The van der Waals surface area contributed by atoms with E-state index >= 15 is 0 Å². The highest BCUT2D eigenvalue weighted by Crippen LogP contribution is 2.41. The van der Waals surface area contributed by atoms with Crippen molar-refractivity contribution in [2.45, 2.75) is 116 Å². The van der Waals surface area contributed by atoms with Crippen molar-refractivity contribution in [3.63, 3.8) is 0 Å². The van der Waals surface area contributed by atoms with E-state index in [0.717, 1.165) is 70.8 Å². The van der Waals surface area contributed by atoms with Gasteiger partial charge in [-0.1, -0.05) is 51.2 Å². The molecular weight excluding hydrogens is 440 g/mol. The summed E-state index contributed by atoms with van der Waals surface area (Å²) in [6.07, 6.45) is 17.3. The van der Waals surface area contributed by atoms with Crippen LogP contribution < -0.4 is 0 Å². The Morgan fingerprint density at radius 2 is 1.97 bits per heavy atom. The van der Waals surface area contributed by atoms with Crippen LogP contribution in [0.2, 0.25) is 0 Å². The van der Waals surface area contributed by atoms with Crippen LogP contribution in [0.15, 0.2) is 12.2 Å². The molecule has 0 spiro atoms. The highest BCUT2D eigenvalue weighted by Gasteiger charge is 2.38. The van der Waals surface area contributed by atoms with E-state index in [1.165, 1.54) is 20.0 Å². The minimum absolute atomic E-state index is 0.0180. The maximum absolute atomic E-state index is 11.3. The van der Waals surface area contributed by atoms with Crippen LogP contribution in [0.4, 0.5) is 0 Å². The number of esters is 1. The summed E-state index contributed by atoms with van der Waals surface area (Å²) in [5.41, 5.74) is 0. The highest BCUT2D eigenvalue weighted by molar-refractivity contribution is 5.68. The molecule has 1 unspecified atom stereocenters. The van der Waals surface area contributed by atoms with Crippen molar-refractivity contribution in [3.8, 4) is 11.8 Å². The number of rotatable bonds is 13. The SMILES string of the molecule is COC(=O)CCCCCC[C@@H]1[C@@H](/C=C/[C@@H](OC2CCCCO2)[C@@H](C)CC#CC2CC2)[C@H](C)C[C@@H]1O. The highest BCUT2D eigenvalue weighted by atomic mass is 16.7. The number of methoxy groups -OCH3 is 1. The molecule has 35 heavy (non-hydrogen) atoms. The van der Waals surface area contributed by atoms with Gasteiger partial charge in [-0.3, -0.25) is 4.79 Å². The monoisotopic (exact) mass is 488 g/mol. The number of hydrogen-bond acceptors (Lipinski definition) is 5. The van der Waals surface area contributed by atoms with Crippen LogP contribution in [0.3, 0.4) is 0 Å². The molecule has 2 saturated carbocycles. The van der Waals surface area contributed by atoms with Crippen molar-refractivity contribution in [1.29, 1.82) is 0 Å². The van der Waals surface area contributed by atoms with Gasteiger partial charge in [0.05, 0.1) is 19.3 Å². The van der Waals surface area contributed by atoms with Gasteiger partial charge in [0.2, 0.25) is 0 Å². The Kier molecular flexibility index (Phi) is 12.1. The lowest BCUT2D eigenvalue weighted by atomic mass is 9.85. The summed E-state index contributed by atoms with van der Waals surface area (Å²) < 4.78 is 17.1. The number of aliphatic hydroxyl groups excluding tert-OH is 1. The average Bonchev–Trinajstić information content (AvgIpc) is 3.64. The molecule has 1 N–H and O–H groups in total. The third-order valence-corrected chi connectivity index (χ3v) is 7.99. The molecule has 3 aliphatic rings. The second kappa shape index (κ2) is 15.0. The zero-order valence-electron chi connectivity index (χ0n) is 22.3. The van der Waals surface area contributed by atoms with Crippen LogP contribution in [-0.4, -0.2) is 43.3 Å². The Bertz CT molecular complexity index is 712. The predicted octanol–water partition coefficient (Wildman–Crippen LogP) is 6.04. The number of aliphatic hydroxyl groups is 1. The first-order chi connectivity index (χ1) is 17.0. The van der Waals surface area contributed by atoms with Gasteiger partial charge < -0.3 is 19.3 Å². The maximum Gasteiger partial charge on any atom is 0.305 e. The van der Waals surface area contributed by atoms with Crippen LogP contribution in [0.5, 0.6) is 0 Å². The zero-order chi connectivity index (χ0) is 25.0. The van der Waals surface area contributed by atoms with Gasteiger partial charge in [0.15, 0.2) is 6.29 Å². The maximum atomic E-state index is 11.3. The van der Waals surface area contributed by atoms with Gasteiger partial charge in [-0.15, -0.1) is 5.92 Å². The Morgan fingerprint density at radius 1 is 1.17 bits per heavy atom. The largest absolute Gasteiger partial charge is 0.469 e. The first-order valence-electron chi connectivity index (χ1n) is 14.2. The second-order valence-electron chi connectivity index (χ2n) is 11.1. The molecule has 198 valence electrons. The number of carbonyl (C=O) groups excluding carboxylic acids is 1. The minimum atomic E-state index is -0.238. The molecule has 0 bridgehead atoms. The smallest absolute Gasteiger partial charge is 0.305 e. The van der Waals surface area contributed by atoms with Crippen LogP contribution in [-0.2, 0) is 19.0 Å². The summed E-state index contributed by atoms with van der Waals surface area (Å²) in [6, 6.07) is 0. The number of unbranched alkanes of at least 4 members (excludes halogenated alkanes) is 3. The fraction of sp³-hybridized carbons (Fsp3) is 0.833. The lowest BCUT2D eigenvalue weighted by Crippen LogP contribution is -2.30. The van der Waals surface area contributed by atoms with E-state index in [1.807, 2.05) is 0 Å². The van der Waals surface area contributed by atoms with E-state index in [2.05, 4.69) is 37.8 Å². The van der Waals surface area contributed by atoms with Crippen molar-refractivity contribution in [2.24, 2.45) is 29.6 Å². The van der Waals surface area contributed by atoms with E-state index in [9.17, 15) is 9.90 Å². The molecule has 3 rings (SSSR count). The number of allylic oxidation sites excluding steroid dienone is 1. The van der Waals surface area contributed by atoms with Crippen LogP contribution in [0, 0.1) is 41.4 Å².